The number of nitrogens with two attached hydrogens (primary N) is 1. The molecule has 0 unspecified atom stereocenters. The number of benzene rings is 2. The molecule has 0 atom stereocenters. The highest BCUT2D eigenvalue weighted by atomic mass is 35.5. The lowest BCUT2D eigenvalue weighted by Gasteiger charge is -2.16. The van der Waals surface area contributed by atoms with Gasteiger partial charge in [-0.05, 0) is 45.6 Å². The quantitative estimate of drug-likeness (QED) is 0.250. The van der Waals surface area contributed by atoms with Crippen molar-refractivity contribution in [2.45, 2.75) is 0 Å². The van der Waals surface area contributed by atoms with Crippen LogP contribution in [0.5, 0.6) is 5.75 Å². The molecule has 34 heavy (non-hydrogen) atoms. The van der Waals surface area contributed by atoms with Gasteiger partial charge in [-0.15, -0.1) is 0 Å². The average molecular weight is 499 g/mol. The number of nitrogen functional groups attached to an aromatic ring is 1. The van der Waals surface area contributed by atoms with Gasteiger partial charge in [-0.1, -0.05) is 35.6 Å². The number of para-hydroxylation sites is 1. The lowest BCUT2D eigenvalue weighted by Crippen LogP contribution is -2.11. The Bertz CT molecular complexity index is 1300. The summed E-state index contributed by atoms with van der Waals surface area (Å²) in [6.45, 7) is 4.05. The molecule has 10 heteroatoms. The van der Waals surface area contributed by atoms with Gasteiger partial charge < -0.3 is 25.7 Å². The fourth-order valence-corrected chi connectivity index (χ4v) is 4.37. The number of ether oxygens (including phenoxy) is 1. The number of halogens is 1. The van der Waals surface area contributed by atoms with Gasteiger partial charge in [0.05, 0.1) is 36.8 Å². The van der Waals surface area contributed by atoms with E-state index in [4.69, 9.17) is 22.1 Å². The third-order valence-electron chi connectivity index (χ3n) is 4.72. The predicted octanol–water partition coefficient (Wildman–Crippen LogP) is 4.37. The van der Waals surface area contributed by atoms with Crippen LogP contribution in [-0.4, -0.2) is 55.9 Å². The summed E-state index contributed by atoms with van der Waals surface area (Å²) < 4.78 is 18.2. The first-order valence-corrected chi connectivity index (χ1v) is 13.4. The maximum atomic E-state index is 12.7. The van der Waals surface area contributed by atoms with Gasteiger partial charge in [-0.25, -0.2) is 4.98 Å². The van der Waals surface area contributed by atoms with E-state index in [1.165, 1.54) is 6.20 Å². The van der Waals surface area contributed by atoms with Crippen LogP contribution >= 0.6 is 18.7 Å². The van der Waals surface area contributed by atoms with Gasteiger partial charge in [0.25, 0.3) is 0 Å². The molecule has 4 N–H and O–H groups in total. The highest BCUT2D eigenvalue weighted by Crippen LogP contribution is 2.39. The number of anilines is 5. The molecule has 3 aromatic rings. The van der Waals surface area contributed by atoms with Crippen LogP contribution in [-0.2, 0) is 4.57 Å². The Labute approximate surface area is 205 Å². The SMILES string of the molecule is COc1cc(C#CCN(C)C)c(N)cc1Nc1ncc(Cl)c(Nc2ccccc2P(C)(C)=O)n1. The molecule has 0 amide bonds. The zero-order chi connectivity index (χ0) is 24.9. The number of hydrogen-bond acceptors (Lipinski definition) is 8. The van der Waals surface area contributed by atoms with Gasteiger partial charge in [-0.2, -0.15) is 4.98 Å². The van der Waals surface area contributed by atoms with E-state index in [0.717, 1.165) is 0 Å². The van der Waals surface area contributed by atoms with Crippen molar-refractivity contribution in [2.24, 2.45) is 0 Å². The van der Waals surface area contributed by atoms with E-state index in [9.17, 15) is 4.57 Å². The van der Waals surface area contributed by atoms with Crippen molar-refractivity contribution < 1.29 is 9.30 Å². The standard InChI is InChI=1S/C24H28ClN6O2P/c1-31(2)12-8-9-16-13-21(33-3)20(14-18(16)26)29-24-27-15-17(25)23(30-24)28-19-10-6-7-11-22(19)34(4,5)32/h6-7,10-11,13-15H,12,26H2,1-5H3,(H2,27,28,29,30). The third-order valence-corrected chi connectivity index (χ3v) is 6.54. The van der Waals surface area contributed by atoms with Crippen LogP contribution in [0.1, 0.15) is 5.56 Å². The fourth-order valence-electron chi connectivity index (χ4n) is 3.08. The Hall–Kier alpha value is -3.24. The van der Waals surface area contributed by atoms with Crippen LogP contribution in [0.2, 0.25) is 5.02 Å². The van der Waals surface area contributed by atoms with Gasteiger partial charge in [0, 0.05) is 17.1 Å². The minimum absolute atomic E-state index is 0.282. The van der Waals surface area contributed by atoms with Crippen molar-refractivity contribution in [1.82, 2.24) is 14.9 Å². The first kappa shape index (κ1) is 25.4. The Morgan fingerprint density at radius 2 is 1.91 bits per heavy atom. The molecule has 1 heterocycles. The summed E-state index contributed by atoms with van der Waals surface area (Å²) in [5, 5.41) is 7.34. The summed E-state index contributed by atoms with van der Waals surface area (Å²) in [5.74, 6) is 7.33. The van der Waals surface area contributed by atoms with Crippen molar-refractivity contribution >= 4 is 52.9 Å². The number of aromatic nitrogens is 2. The summed E-state index contributed by atoms with van der Waals surface area (Å²) >= 11 is 6.34. The topological polar surface area (TPSA) is 105 Å². The summed E-state index contributed by atoms with van der Waals surface area (Å²) in [7, 11) is 2.94. The molecule has 0 aliphatic heterocycles. The normalized spacial score (nSPS) is 11.0. The number of nitrogens with zero attached hydrogens (tertiary/aromatic N) is 3. The number of nitrogens with one attached hydrogen (secondary N) is 2. The van der Waals surface area contributed by atoms with Crippen molar-refractivity contribution in [3.05, 3.63) is 53.2 Å². The van der Waals surface area contributed by atoms with Crippen LogP contribution in [0, 0.1) is 11.8 Å². The van der Waals surface area contributed by atoms with Crippen LogP contribution in [0.3, 0.4) is 0 Å². The summed E-state index contributed by atoms with van der Waals surface area (Å²) in [5.41, 5.74) is 8.64. The highest BCUT2D eigenvalue weighted by molar-refractivity contribution is 7.70. The van der Waals surface area contributed by atoms with E-state index >= 15 is 0 Å². The summed E-state index contributed by atoms with van der Waals surface area (Å²) in [4.78, 5) is 10.7. The van der Waals surface area contributed by atoms with Gasteiger partial charge in [-0.3, -0.25) is 4.90 Å². The summed E-state index contributed by atoms with van der Waals surface area (Å²) in [6, 6.07) is 10.9. The zero-order valence-electron chi connectivity index (χ0n) is 19.8. The molecule has 3 rings (SSSR count). The van der Waals surface area contributed by atoms with Gasteiger partial charge >= 0.3 is 0 Å². The second-order valence-corrected chi connectivity index (χ2v) is 11.8. The van der Waals surface area contributed by atoms with E-state index in [1.807, 2.05) is 43.3 Å². The summed E-state index contributed by atoms with van der Waals surface area (Å²) in [6.07, 6.45) is 1.48. The molecular weight excluding hydrogens is 471 g/mol. The zero-order valence-corrected chi connectivity index (χ0v) is 21.5. The maximum Gasteiger partial charge on any atom is 0.229 e. The van der Waals surface area contributed by atoms with Gasteiger partial charge in [0.1, 0.15) is 17.9 Å². The molecular formula is C24H28ClN6O2P. The van der Waals surface area contributed by atoms with E-state index in [1.54, 1.807) is 32.6 Å². The Kier molecular flexibility index (Phi) is 8.06. The van der Waals surface area contributed by atoms with Crippen LogP contribution in [0.25, 0.3) is 0 Å². The van der Waals surface area contributed by atoms with Gasteiger partial charge in [0.15, 0.2) is 5.82 Å². The maximum absolute atomic E-state index is 12.7. The van der Waals surface area contributed by atoms with E-state index < -0.39 is 7.14 Å². The van der Waals surface area contributed by atoms with Crippen molar-refractivity contribution in [1.29, 1.82) is 0 Å². The second-order valence-electron chi connectivity index (χ2n) is 8.19. The van der Waals surface area contributed by atoms with Crippen molar-refractivity contribution in [3.63, 3.8) is 0 Å². The molecule has 0 aliphatic carbocycles. The minimum atomic E-state index is -2.52. The van der Waals surface area contributed by atoms with Gasteiger partial charge in [0.2, 0.25) is 5.95 Å². The molecule has 0 spiro atoms. The van der Waals surface area contributed by atoms with Crippen LogP contribution < -0.4 is 26.4 Å². The Morgan fingerprint density at radius 1 is 1.18 bits per heavy atom. The molecule has 1 aromatic heterocycles. The molecule has 8 nitrogen and oxygen atoms in total. The second kappa shape index (κ2) is 10.8. The lowest BCUT2D eigenvalue weighted by molar-refractivity contribution is 0.416. The largest absolute Gasteiger partial charge is 0.495 e. The first-order chi connectivity index (χ1) is 16.1. The number of rotatable bonds is 7. The van der Waals surface area contributed by atoms with E-state index in [2.05, 4.69) is 32.4 Å². The molecule has 178 valence electrons. The average Bonchev–Trinajstić information content (AvgIpc) is 2.77. The molecule has 0 bridgehead atoms. The highest BCUT2D eigenvalue weighted by Gasteiger charge is 2.17. The molecule has 0 saturated carbocycles. The van der Waals surface area contributed by atoms with Crippen molar-refractivity contribution in [3.8, 4) is 17.6 Å². The molecule has 0 saturated heterocycles. The number of methoxy groups -OCH3 is 1. The van der Waals surface area contributed by atoms with E-state index in [-0.39, 0.29) is 5.95 Å². The monoisotopic (exact) mass is 498 g/mol. The smallest absolute Gasteiger partial charge is 0.229 e. The minimum Gasteiger partial charge on any atom is -0.495 e. The molecule has 0 radical (unpaired) electrons. The van der Waals surface area contributed by atoms with Crippen LogP contribution in [0.4, 0.5) is 28.8 Å². The lowest BCUT2D eigenvalue weighted by atomic mass is 10.1. The van der Waals surface area contributed by atoms with E-state index in [0.29, 0.717) is 51.1 Å². The number of hydrogen-bond donors (Lipinski definition) is 3. The van der Waals surface area contributed by atoms with Crippen LogP contribution in [0.15, 0.2) is 42.6 Å². The molecule has 0 fully saturated rings. The fraction of sp³-hybridized carbons (Fsp3) is 0.250. The Morgan fingerprint density at radius 3 is 2.59 bits per heavy atom. The Balaban J connectivity index is 1.91. The molecule has 2 aromatic carbocycles. The first-order valence-electron chi connectivity index (χ1n) is 10.4. The third kappa shape index (κ3) is 6.42. The molecule has 0 aliphatic rings. The van der Waals surface area contributed by atoms with Crippen molar-refractivity contribution in [2.75, 3.05) is 57.4 Å². The predicted molar refractivity (Wildman–Crippen MR) is 142 cm³/mol.